The van der Waals surface area contributed by atoms with E-state index in [1.165, 1.54) is 19.3 Å². The molecule has 2 aromatic rings. The summed E-state index contributed by atoms with van der Waals surface area (Å²) in [5.74, 6) is 2.47. The first-order valence-corrected chi connectivity index (χ1v) is 8.01. The number of nitrogens with one attached hydrogen (secondary N) is 2. The quantitative estimate of drug-likeness (QED) is 0.855. The molecule has 1 atom stereocenters. The Morgan fingerprint density at radius 2 is 2.24 bits per heavy atom. The molecule has 1 aliphatic heterocycles. The lowest BCUT2D eigenvalue weighted by molar-refractivity contribution is 0.529. The lowest BCUT2D eigenvalue weighted by atomic mass is 10.0. The van der Waals surface area contributed by atoms with Crippen molar-refractivity contribution in [3.8, 4) is 0 Å². The standard InChI is InChI=1S/C15H24N6/c1-3-5-11-6-8-21(9-11)14-12-13(18-10-17-12)19-15(20-14)16-7-4-2/h10-11H,3-9H2,1-2H3,(H2,16,17,18,19,20). The zero-order chi connectivity index (χ0) is 14.7. The van der Waals surface area contributed by atoms with Gasteiger partial charge in [-0.25, -0.2) is 4.98 Å². The third-order valence-corrected chi connectivity index (χ3v) is 4.08. The van der Waals surface area contributed by atoms with Crippen LogP contribution in [0.5, 0.6) is 0 Å². The highest BCUT2D eigenvalue weighted by atomic mass is 15.3. The van der Waals surface area contributed by atoms with E-state index >= 15 is 0 Å². The molecule has 2 N–H and O–H groups in total. The second-order valence-corrected chi connectivity index (χ2v) is 5.79. The third kappa shape index (κ3) is 2.94. The summed E-state index contributed by atoms with van der Waals surface area (Å²) in [4.78, 5) is 19.1. The van der Waals surface area contributed by atoms with E-state index in [0.29, 0.717) is 5.95 Å². The molecule has 1 unspecified atom stereocenters. The van der Waals surface area contributed by atoms with Gasteiger partial charge in [-0.1, -0.05) is 20.3 Å². The molecule has 0 bridgehead atoms. The number of rotatable bonds is 6. The maximum Gasteiger partial charge on any atom is 0.226 e. The molecular weight excluding hydrogens is 264 g/mol. The van der Waals surface area contributed by atoms with E-state index in [1.807, 2.05) is 0 Å². The van der Waals surface area contributed by atoms with Crippen molar-refractivity contribution in [3.05, 3.63) is 6.33 Å². The first-order chi connectivity index (χ1) is 10.3. The van der Waals surface area contributed by atoms with Gasteiger partial charge in [0.1, 0.15) is 5.52 Å². The van der Waals surface area contributed by atoms with Crippen molar-refractivity contribution in [2.75, 3.05) is 29.9 Å². The smallest absolute Gasteiger partial charge is 0.226 e. The molecule has 2 aromatic heterocycles. The minimum atomic E-state index is 0.686. The minimum absolute atomic E-state index is 0.686. The van der Waals surface area contributed by atoms with Crippen LogP contribution in [0.3, 0.4) is 0 Å². The molecule has 21 heavy (non-hydrogen) atoms. The van der Waals surface area contributed by atoms with Crippen molar-refractivity contribution in [1.82, 2.24) is 19.9 Å². The van der Waals surface area contributed by atoms with Crippen LogP contribution in [-0.2, 0) is 0 Å². The molecule has 0 saturated carbocycles. The van der Waals surface area contributed by atoms with E-state index in [9.17, 15) is 0 Å². The van der Waals surface area contributed by atoms with Crippen LogP contribution in [0.2, 0.25) is 0 Å². The molecule has 0 spiro atoms. The largest absolute Gasteiger partial charge is 0.354 e. The highest BCUT2D eigenvalue weighted by molar-refractivity contribution is 5.84. The first-order valence-electron chi connectivity index (χ1n) is 8.01. The molecule has 0 aromatic carbocycles. The Bertz CT molecular complexity index is 593. The fourth-order valence-corrected chi connectivity index (χ4v) is 3.03. The molecule has 6 heteroatoms. The molecule has 6 nitrogen and oxygen atoms in total. The van der Waals surface area contributed by atoms with E-state index in [1.54, 1.807) is 6.33 Å². The molecule has 0 radical (unpaired) electrons. The van der Waals surface area contributed by atoms with Crippen LogP contribution >= 0.6 is 0 Å². The predicted molar refractivity (Wildman–Crippen MR) is 85.7 cm³/mol. The Hall–Kier alpha value is -1.85. The Morgan fingerprint density at radius 3 is 3.05 bits per heavy atom. The van der Waals surface area contributed by atoms with E-state index < -0.39 is 0 Å². The Morgan fingerprint density at radius 1 is 1.33 bits per heavy atom. The Balaban J connectivity index is 1.87. The van der Waals surface area contributed by atoms with Gasteiger partial charge in [0.15, 0.2) is 11.5 Å². The summed E-state index contributed by atoms with van der Waals surface area (Å²) in [6, 6.07) is 0. The highest BCUT2D eigenvalue weighted by Gasteiger charge is 2.25. The average molecular weight is 288 g/mol. The molecule has 1 aliphatic rings. The van der Waals surface area contributed by atoms with Crippen LogP contribution in [0.25, 0.3) is 11.2 Å². The number of aromatic nitrogens is 4. The zero-order valence-electron chi connectivity index (χ0n) is 12.9. The molecule has 0 aliphatic carbocycles. The van der Waals surface area contributed by atoms with Crippen LogP contribution in [0, 0.1) is 5.92 Å². The maximum atomic E-state index is 4.72. The molecule has 3 rings (SSSR count). The van der Waals surface area contributed by atoms with Gasteiger partial charge in [-0.15, -0.1) is 0 Å². The summed E-state index contributed by atoms with van der Waals surface area (Å²) in [5.41, 5.74) is 1.70. The first kappa shape index (κ1) is 14.1. The number of hydrogen-bond acceptors (Lipinski definition) is 5. The van der Waals surface area contributed by atoms with Gasteiger partial charge < -0.3 is 15.2 Å². The molecular formula is C15H24N6. The summed E-state index contributed by atoms with van der Waals surface area (Å²) in [5, 5.41) is 3.27. The van der Waals surface area contributed by atoms with Gasteiger partial charge in [0.05, 0.1) is 6.33 Å². The highest BCUT2D eigenvalue weighted by Crippen LogP contribution is 2.29. The van der Waals surface area contributed by atoms with E-state index in [-0.39, 0.29) is 0 Å². The summed E-state index contributed by atoms with van der Waals surface area (Å²) in [6.07, 6.45) is 6.57. The molecule has 3 heterocycles. The van der Waals surface area contributed by atoms with Gasteiger partial charge in [0, 0.05) is 19.6 Å². The Kier molecular flexibility index (Phi) is 4.22. The van der Waals surface area contributed by atoms with Crippen molar-refractivity contribution in [1.29, 1.82) is 0 Å². The van der Waals surface area contributed by atoms with Crippen molar-refractivity contribution < 1.29 is 0 Å². The van der Waals surface area contributed by atoms with Gasteiger partial charge in [-0.3, -0.25) is 0 Å². The van der Waals surface area contributed by atoms with Crippen LogP contribution in [0.4, 0.5) is 11.8 Å². The number of hydrogen-bond donors (Lipinski definition) is 2. The summed E-state index contributed by atoms with van der Waals surface area (Å²) in [7, 11) is 0. The van der Waals surface area contributed by atoms with Crippen molar-refractivity contribution in [2.24, 2.45) is 5.92 Å². The maximum absolute atomic E-state index is 4.72. The molecule has 114 valence electrons. The number of nitrogens with zero attached hydrogens (tertiary/aromatic N) is 4. The van der Waals surface area contributed by atoms with Crippen LogP contribution < -0.4 is 10.2 Å². The topological polar surface area (TPSA) is 69.7 Å². The van der Waals surface area contributed by atoms with Crippen molar-refractivity contribution >= 4 is 22.9 Å². The monoisotopic (exact) mass is 288 g/mol. The average Bonchev–Trinajstić information content (AvgIpc) is 3.13. The van der Waals surface area contributed by atoms with Crippen LogP contribution in [0.15, 0.2) is 6.33 Å². The van der Waals surface area contributed by atoms with Gasteiger partial charge in [-0.2, -0.15) is 9.97 Å². The van der Waals surface area contributed by atoms with E-state index in [2.05, 4.69) is 39.0 Å². The summed E-state index contributed by atoms with van der Waals surface area (Å²) < 4.78 is 0. The number of fused-ring (bicyclic) bond motifs is 1. The van der Waals surface area contributed by atoms with E-state index in [4.69, 9.17) is 4.98 Å². The molecule has 1 fully saturated rings. The number of anilines is 2. The summed E-state index contributed by atoms with van der Waals surface area (Å²) in [6.45, 7) is 7.44. The van der Waals surface area contributed by atoms with Crippen molar-refractivity contribution in [2.45, 2.75) is 39.5 Å². The fraction of sp³-hybridized carbons (Fsp3) is 0.667. The van der Waals surface area contributed by atoms with Gasteiger partial charge in [0.2, 0.25) is 5.95 Å². The molecule has 0 amide bonds. The lowest BCUT2D eigenvalue weighted by Crippen LogP contribution is -2.22. The van der Waals surface area contributed by atoms with Gasteiger partial charge >= 0.3 is 0 Å². The Labute approximate surface area is 125 Å². The number of H-pyrrole nitrogens is 1. The minimum Gasteiger partial charge on any atom is -0.354 e. The van der Waals surface area contributed by atoms with Crippen LogP contribution in [0.1, 0.15) is 39.5 Å². The van der Waals surface area contributed by atoms with Crippen LogP contribution in [-0.4, -0.2) is 39.6 Å². The van der Waals surface area contributed by atoms with Crippen molar-refractivity contribution in [3.63, 3.8) is 0 Å². The van der Waals surface area contributed by atoms with Gasteiger partial charge in [0.25, 0.3) is 0 Å². The number of imidazole rings is 1. The van der Waals surface area contributed by atoms with E-state index in [0.717, 1.165) is 49.0 Å². The number of aromatic amines is 1. The second-order valence-electron chi connectivity index (χ2n) is 5.79. The fourth-order valence-electron chi connectivity index (χ4n) is 3.03. The second kappa shape index (κ2) is 6.28. The third-order valence-electron chi connectivity index (χ3n) is 4.08. The lowest BCUT2D eigenvalue weighted by Gasteiger charge is -2.18. The molecule has 1 saturated heterocycles. The normalized spacial score (nSPS) is 18.6. The predicted octanol–water partition coefficient (Wildman–Crippen LogP) is 2.80. The zero-order valence-corrected chi connectivity index (χ0v) is 12.9. The summed E-state index contributed by atoms with van der Waals surface area (Å²) >= 11 is 0. The van der Waals surface area contributed by atoms with Gasteiger partial charge in [-0.05, 0) is 25.2 Å². The SMILES string of the molecule is CCCNc1nc(N2CCC(CCC)C2)c2[nH]cnc2n1.